The van der Waals surface area contributed by atoms with Crippen molar-refractivity contribution in [2.45, 2.75) is 20.8 Å². The van der Waals surface area contributed by atoms with Crippen LogP contribution >= 0.6 is 0 Å². The van der Waals surface area contributed by atoms with Gasteiger partial charge in [0, 0.05) is 23.4 Å². The van der Waals surface area contributed by atoms with Crippen molar-refractivity contribution in [2.24, 2.45) is 5.92 Å². The quantitative estimate of drug-likeness (QED) is 0.710. The predicted octanol–water partition coefficient (Wildman–Crippen LogP) is 4.49. The Hall–Kier alpha value is -3.15. The maximum absolute atomic E-state index is 11.9. The van der Waals surface area contributed by atoms with E-state index in [1.165, 1.54) is 0 Å². The van der Waals surface area contributed by atoms with Crippen LogP contribution in [0.5, 0.6) is 0 Å². The van der Waals surface area contributed by atoms with Gasteiger partial charge in [0.1, 0.15) is 0 Å². The number of hydrogen-bond acceptors (Lipinski definition) is 4. The maximum Gasteiger partial charge on any atom is 0.319 e. The molecule has 2 N–H and O–H groups in total. The molecule has 0 spiro atoms. The number of rotatable bonds is 5. The number of benzene rings is 2. The molecule has 0 aliphatic carbocycles. The summed E-state index contributed by atoms with van der Waals surface area (Å²) in [5.74, 6) is 1.34. The highest BCUT2D eigenvalue weighted by Gasteiger charge is 2.12. The van der Waals surface area contributed by atoms with E-state index < -0.39 is 0 Å². The third-order valence-corrected chi connectivity index (χ3v) is 3.74. The first kappa shape index (κ1) is 17.7. The molecular weight excluding hydrogens is 328 g/mol. The summed E-state index contributed by atoms with van der Waals surface area (Å²) in [6.45, 7) is 6.72. The van der Waals surface area contributed by atoms with Gasteiger partial charge < -0.3 is 15.2 Å². The van der Waals surface area contributed by atoms with Crippen LogP contribution in [0.25, 0.3) is 22.8 Å². The lowest BCUT2D eigenvalue weighted by Crippen LogP contribution is -2.31. The molecule has 0 aliphatic heterocycles. The molecule has 3 rings (SSSR count). The fraction of sp³-hybridized carbons (Fsp3) is 0.250. The van der Waals surface area contributed by atoms with Gasteiger partial charge in [-0.05, 0) is 37.1 Å². The summed E-state index contributed by atoms with van der Waals surface area (Å²) >= 11 is 0. The van der Waals surface area contributed by atoms with Crippen molar-refractivity contribution in [1.82, 2.24) is 15.5 Å². The standard InChI is InChI=1S/C20H22N4O2/c1-13(2)12-21-20(25)22-17-9-5-7-15(11-17)18-23-19(26-24-18)16-8-4-6-14(3)10-16/h4-11,13H,12H2,1-3H3,(H2,21,22,25). The monoisotopic (exact) mass is 350 g/mol. The number of aryl methyl sites for hydroxylation is 1. The van der Waals surface area contributed by atoms with Gasteiger partial charge in [-0.3, -0.25) is 0 Å². The third-order valence-electron chi connectivity index (χ3n) is 3.74. The maximum atomic E-state index is 11.9. The molecule has 0 fully saturated rings. The largest absolute Gasteiger partial charge is 0.338 e. The normalized spacial score (nSPS) is 10.8. The van der Waals surface area contributed by atoms with Crippen LogP contribution < -0.4 is 10.6 Å². The highest BCUT2D eigenvalue weighted by Crippen LogP contribution is 2.24. The van der Waals surface area contributed by atoms with Crippen molar-refractivity contribution in [3.8, 4) is 22.8 Å². The van der Waals surface area contributed by atoms with Gasteiger partial charge in [-0.25, -0.2) is 4.79 Å². The molecule has 6 nitrogen and oxygen atoms in total. The number of amides is 2. The lowest BCUT2D eigenvalue weighted by Gasteiger charge is -2.09. The van der Waals surface area contributed by atoms with E-state index in [0.717, 1.165) is 16.7 Å². The van der Waals surface area contributed by atoms with Gasteiger partial charge >= 0.3 is 6.03 Å². The Bertz CT molecular complexity index is 902. The predicted molar refractivity (Wildman–Crippen MR) is 102 cm³/mol. The summed E-state index contributed by atoms with van der Waals surface area (Å²) in [5, 5.41) is 9.70. The van der Waals surface area contributed by atoms with E-state index in [-0.39, 0.29) is 6.03 Å². The Balaban J connectivity index is 1.75. The van der Waals surface area contributed by atoms with E-state index in [1.54, 1.807) is 0 Å². The third kappa shape index (κ3) is 4.47. The molecule has 2 aromatic carbocycles. The van der Waals surface area contributed by atoms with Crippen LogP contribution in [-0.2, 0) is 0 Å². The zero-order valence-corrected chi connectivity index (χ0v) is 15.1. The number of anilines is 1. The van der Waals surface area contributed by atoms with Gasteiger partial charge in [-0.15, -0.1) is 0 Å². The topological polar surface area (TPSA) is 80.0 Å². The van der Waals surface area contributed by atoms with Crippen LogP contribution in [0, 0.1) is 12.8 Å². The minimum Gasteiger partial charge on any atom is -0.338 e. The van der Waals surface area contributed by atoms with Crippen molar-refractivity contribution in [3.63, 3.8) is 0 Å². The number of hydrogen-bond donors (Lipinski definition) is 2. The minimum absolute atomic E-state index is 0.232. The Morgan fingerprint density at radius 2 is 1.88 bits per heavy atom. The molecule has 0 radical (unpaired) electrons. The zero-order valence-electron chi connectivity index (χ0n) is 15.1. The zero-order chi connectivity index (χ0) is 18.5. The van der Waals surface area contributed by atoms with Gasteiger partial charge in [-0.2, -0.15) is 4.98 Å². The molecule has 26 heavy (non-hydrogen) atoms. The highest BCUT2D eigenvalue weighted by atomic mass is 16.5. The Kier molecular flexibility index (Phi) is 5.31. The van der Waals surface area contributed by atoms with Crippen molar-refractivity contribution < 1.29 is 9.32 Å². The van der Waals surface area contributed by atoms with Gasteiger partial charge in [0.2, 0.25) is 5.82 Å². The average molecular weight is 350 g/mol. The molecule has 0 saturated carbocycles. The van der Waals surface area contributed by atoms with Crippen LogP contribution in [0.2, 0.25) is 0 Å². The molecule has 6 heteroatoms. The number of carbonyl (C=O) groups excluding carboxylic acids is 1. The molecule has 1 aromatic heterocycles. The Morgan fingerprint density at radius 3 is 2.65 bits per heavy atom. The van der Waals surface area contributed by atoms with Gasteiger partial charge in [-0.1, -0.05) is 48.8 Å². The van der Waals surface area contributed by atoms with Crippen molar-refractivity contribution in [1.29, 1.82) is 0 Å². The number of nitrogens with one attached hydrogen (secondary N) is 2. The summed E-state index contributed by atoms with van der Waals surface area (Å²) in [7, 11) is 0. The van der Waals surface area contributed by atoms with Crippen LogP contribution in [0.15, 0.2) is 53.1 Å². The first-order valence-corrected chi connectivity index (χ1v) is 8.57. The van der Waals surface area contributed by atoms with Gasteiger partial charge in [0.15, 0.2) is 0 Å². The van der Waals surface area contributed by atoms with E-state index in [0.29, 0.717) is 29.9 Å². The van der Waals surface area contributed by atoms with Crippen molar-refractivity contribution >= 4 is 11.7 Å². The van der Waals surface area contributed by atoms with Crippen molar-refractivity contribution in [3.05, 3.63) is 54.1 Å². The van der Waals surface area contributed by atoms with E-state index in [9.17, 15) is 4.79 Å². The summed E-state index contributed by atoms with van der Waals surface area (Å²) < 4.78 is 5.39. The fourth-order valence-corrected chi connectivity index (χ4v) is 2.44. The van der Waals surface area contributed by atoms with E-state index in [1.807, 2.05) is 69.3 Å². The van der Waals surface area contributed by atoms with Crippen LogP contribution in [0.1, 0.15) is 19.4 Å². The lowest BCUT2D eigenvalue weighted by atomic mass is 10.1. The SMILES string of the molecule is Cc1cccc(-c2nc(-c3cccc(NC(=O)NCC(C)C)c3)no2)c1. The molecule has 0 saturated heterocycles. The molecule has 1 heterocycles. The molecule has 0 bridgehead atoms. The van der Waals surface area contributed by atoms with E-state index >= 15 is 0 Å². The summed E-state index contributed by atoms with van der Waals surface area (Å²) in [6.07, 6.45) is 0. The smallest absolute Gasteiger partial charge is 0.319 e. The lowest BCUT2D eigenvalue weighted by molar-refractivity contribution is 0.251. The second-order valence-corrected chi connectivity index (χ2v) is 6.60. The highest BCUT2D eigenvalue weighted by molar-refractivity contribution is 5.89. The van der Waals surface area contributed by atoms with Crippen molar-refractivity contribution in [2.75, 3.05) is 11.9 Å². The summed E-state index contributed by atoms with van der Waals surface area (Å²) in [6, 6.07) is 15.0. The Morgan fingerprint density at radius 1 is 1.12 bits per heavy atom. The molecule has 0 aliphatic rings. The average Bonchev–Trinajstić information content (AvgIpc) is 3.10. The molecule has 0 unspecified atom stereocenters. The molecule has 0 atom stereocenters. The van der Waals surface area contributed by atoms with Gasteiger partial charge in [0.05, 0.1) is 0 Å². The first-order valence-electron chi connectivity index (χ1n) is 8.57. The number of nitrogens with zero attached hydrogens (tertiary/aromatic N) is 2. The van der Waals surface area contributed by atoms with Crippen LogP contribution in [0.3, 0.4) is 0 Å². The second-order valence-electron chi connectivity index (χ2n) is 6.60. The molecule has 3 aromatic rings. The number of carbonyl (C=O) groups is 1. The molecular formula is C20H22N4O2. The Labute approximate surface area is 152 Å². The molecule has 134 valence electrons. The molecule has 2 amide bonds. The number of urea groups is 1. The summed E-state index contributed by atoms with van der Waals surface area (Å²) in [5.41, 5.74) is 3.45. The second kappa shape index (κ2) is 7.82. The first-order chi connectivity index (χ1) is 12.5. The fourth-order valence-electron chi connectivity index (χ4n) is 2.44. The van der Waals surface area contributed by atoms with E-state index in [2.05, 4.69) is 20.8 Å². The van der Waals surface area contributed by atoms with Crippen LogP contribution in [0.4, 0.5) is 10.5 Å². The van der Waals surface area contributed by atoms with E-state index in [4.69, 9.17) is 4.52 Å². The summed E-state index contributed by atoms with van der Waals surface area (Å²) in [4.78, 5) is 16.4. The number of aromatic nitrogens is 2. The minimum atomic E-state index is -0.232. The van der Waals surface area contributed by atoms with Gasteiger partial charge in [0.25, 0.3) is 5.89 Å². The van der Waals surface area contributed by atoms with Crippen LogP contribution in [-0.4, -0.2) is 22.7 Å².